The minimum Gasteiger partial charge on any atom is -0.466 e. The first-order chi connectivity index (χ1) is 20.6. The summed E-state index contributed by atoms with van der Waals surface area (Å²) < 4.78 is 38.0. The number of rotatable bonds is 10. The van der Waals surface area contributed by atoms with Crippen LogP contribution in [0.4, 0.5) is 18.4 Å². The summed E-state index contributed by atoms with van der Waals surface area (Å²) in [6.07, 6.45) is 9.37. The van der Waals surface area contributed by atoms with Crippen molar-refractivity contribution in [1.82, 2.24) is 26.2 Å². The van der Waals surface area contributed by atoms with Crippen molar-refractivity contribution >= 4 is 23.9 Å². The maximum absolute atomic E-state index is 14.3. The molecule has 232 valence electrons. The van der Waals surface area contributed by atoms with Crippen molar-refractivity contribution in [2.24, 2.45) is 11.1 Å². The summed E-state index contributed by atoms with van der Waals surface area (Å²) >= 11 is 0. The lowest BCUT2D eigenvalue weighted by molar-refractivity contribution is -0.137. The second-order valence-electron chi connectivity index (χ2n) is 10.5. The number of hydrogen-bond acceptors (Lipinski definition) is 8. The Labute approximate surface area is 247 Å². The standard InChI is InChI=1S/C29H36F2N6O6/c1-42-16-21-23(25(38)43-2)24(17-6-7-19(30)20(31)14-17)37(28(41)36-21)27(40)35-13-12-33-18-8-11-34-22(15-18)29(26(32)39)9-4-3-5-10-29/h3-7,9,14,18,22,24,33-34H,8,10-13,15-16H2,1-2H3,(H2,32,39)(H,35,40)(H,36,41). The third kappa shape index (κ3) is 6.76. The van der Waals surface area contributed by atoms with Crippen LogP contribution in [0.5, 0.6) is 0 Å². The monoisotopic (exact) mass is 602 g/mol. The lowest BCUT2D eigenvalue weighted by Crippen LogP contribution is -2.58. The number of methoxy groups -OCH3 is 2. The number of halogens is 2. The van der Waals surface area contributed by atoms with Gasteiger partial charge in [0, 0.05) is 32.3 Å². The number of ether oxygens (including phenoxy) is 2. The molecule has 0 spiro atoms. The lowest BCUT2D eigenvalue weighted by Gasteiger charge is -2.42. The number of nitrogens with zero attached hydrogens (tertiary/aromatic N) is 1. The SMILES string of the molecule is COCC1=C(C(=O)OC)C(c2ccc(F)c(F)c2)N(C(=O)NCCNC2CCNC(C3(C(N)=O)C=CC=CC3)C2)C(=O)N1. The Morgan fingerprint density at radius 3 is 2.60 bits per heavy atom. The Bertz CT molecular complexity index is 1350. The van der Waals surface area contributed by atoms with Gasteiger partial charge in [0.1, 0.15) is 6.04 Å². The zero-order valence-electron chi connectivity index (χ0n) is 24.0. The number of benzene rings is 1. The number of hydrogen-bond donors (Lipinski definition) is 5. The van der Waals surface area contributed by atoms with E-state index in [2.05, 4.69) is 21.3 Å². The van der Waals surface area contributed by atoms with E-state index in [4.69, 9.17) is 15.2 Å². The van der Waals surface area contributed by atoms with Gasteiger partial charge in [-0.15, -0.1) is 0 Å². The normalized spacial score (nSPS) is 25.3. The molecular weight excluding hydrogens is 566 g/mol. The number of piperidine rings is 1. The molecule has 12 nitrogen and oxygen atoms in total. The fourth-order valence-corrected chi connectivity index (χ4v) is 5.75. The van der Waals surface area contributed by atoms with Crippen LogP contribution in [0.2, 0.25) is 0 Å². The van der Waals surface area contributed by atoms with Gasteiger partial charge in [0.25, 0.3) is 0 Å². The molecule has 2 heterocycles. The van der Waals surface area contributed by atoms with Gasteiger partial charge in [0.2, 0.25) is 5.91 Å². The van der Waals surface area contributed by atoms with Gasteiger partial charge >= 0.3 is 18.0 Å². The van der Waals surface area contributed by atoms with E-state index in [1.54, 1.807) is 0 Å². The first-order valence-electron chi connectivity index (χ1n) is 13.9. The summed E-state index contributed by atoms with van der Waals surface area (Å²) in [6.45, 7) is 0.865. The van der Waals surface area contributed by atoms with Gasteiger partial charge in [-0.1, -0.05) is 30.4 Å². The predicted molar refractivity (Wildman–Crippen MR) is 151 cm³/mol. The molecule has 6 N–H and O–H groups in total. The molecule has 1 aromatic carbocycles. The van der Waals surface area contributed by atoms with Gasteiger partial charge in [0.05, 0.1) is 30.4 Å². The number of allylic oxidation sites excluding steroid dienone is 3. The molecule has 4 atom stereocenters. The molecule has 3 aliphatic rings. The van der Waals surface area contributed by atoms with Crippen LogP contribution in [0.25, 0.3) is 0 Å². The summed E-state index contributed by atoms with van der Waals surface area (Å²) in [4.78, 5) is 52.5. The maximum Gasteiger partial charge on any atom is 0.338 e. The predicted octanol–water partition coefficient (Wildman–Crippen LogP) is 1.51. The first kappa shape index (κ1) is 31.8. The van der Waals surface area contributed by atoms with Gasteiger partial charge in [-0.3, -0.25) is 4.79 Å². The smallest absolute Gasteiger partial charge is 0.338 e. The number of nitrogens with two attached hydrogens (primary N) is 1. The van der Waals surface area contributed by atoms with E-state index in [1.807, 2.05) is 24.3 Å². The Morgan fingerprint density at radius 1 is 1.16 bits per heavy atom. The van der Waals surface area contributed by atoms with Crippen molar-refractivity contribution in [2.75, 3.05) is 40.5 Å². The van der Waals surface area contributed by atoms with E-state index >= 15 is 0 Å². The third-order valence-electron chi connectivity index (χ3n) is 7.92. The molecule has 0 aromatic heterocycles. The number of imide groups is 1. The molecule has 0 radical (unpaired) electrons. The zero-order chi connectivity index (χ0) is 31.1. The molecule has 0 bridgehead atoms. The molecule has 1 fully saturated rings. The highest BCUT2D eigenvalue weighted by Gasteiger charge is 2.45. The van der Waals surface area contributed by atoms with Crippen LogP contribution in [0.1, 0.15) is 30.9 Å². The van der Waals surface area contributed by atoms with Crippen molar-refractivity contribution in [3.05, 3.63) is 71.0 Å². The van der Waals surface area contributed by atoms with Crippen LogP contribution >= 0.6 is 0 Å². The van der Waals surface area contributed by atoms with E-state index in [0.29, 0.717) is 25.9 Å². The van der Waals surface area contributed by atoms with Gasteiger partial charge < -0.3 is 36.5 Å². The van der Waals surface area contributed by atoms with Crippen LogP contribution in [0, 0.1) is 17.0 Å². The van der Waals surface area contributed by atoms with Crippen LogP contribution in [0.3, 0.4) is 0 Å². The highest BCUT2D eigenvalue weighted by Crippen LogP contribution is 2.36. The Morgan fingerprint density at radius 2 is 1.95 bits per heavy atom. The fraction of sp³-hybridized carbons (Fsp3) is 0.448. The van der Waals surface area contributed by atoms with Crippen LogP contribution in [-0.4, -0.2) is 81.4 Å². The summed E-state index contributed by atoms with van der Waals surface area (Å²) in [7, 11) is 2.46. The molecular formula is C29H36F2N6O6. The van der Waals surface area contributed by atoms with Gasteiger partial charge in [0.15, 0.2) is 11.6 Å². The summed E-state index contributed by atoms with van der Waals surface area (Å²) in [5.74, 6) is -3.64. The first-order valence-corrected chi connectivity index (χ1v) is 13.9. The Hall–Kier alpha value is -4.14. The van der Waals surface area contributed by atoms with Crippen LogP contribution in [-0.2, 0) is 19.1 Å². The van der Waals surface area contributed by atoms with Crippen LogP contribution in [0.15, 0.2) is 53.8 Å². The third-order valence-corrected chi connectivity index (χ3v) is 7.92. The topological polar surface area (TPSA) is 164 Å². The zero-order valence-corrected chi connectivity index (χ0v) is 24.0. The number of carbonyl (C=O) groups is 4. The fourth-order valence-electron chi connectivity index (χ4n) is 5.75. The van der Waals surface area contributed by atoms with Crippen molar-refractivity contribution < 1.29 is 37.4 Å². The number of urea groups is 2. The van der Waals surface area contributed by atoms with Gasteiger partial charge in [-0.2, -0.15) is 0 Å². The summed E-state index contributed by atoms with van der Waals surface area (Å²) in [5.41, 5.74) is 4.81. The van der Waals surface area contributed by atoms with Gasteiger partial charge in [-0.05, 0) is 43.5 Å². The second-order valence-corrected chi connectivity index (χ2v) is 10.5. The molecule has 5 amide bonds. The number of esters is 1. The number of nitrogens with one attached hydrogen (secondary N) is 4. The van der Waals surface area contributed by atoms with E-state index < -0.39 is 47.0 Å². The summed E-state index contributed by atoms with van der Waals surface area (Å²) in [6, 6.07) is -0.506. The average molecular weight is 603 g/mol. The lowest BCUT2D eigenvalue weighted by atomic mass is 9.71. The molecule has 0 saturated carbocycles. The van der Waals surface area contributed by atoms with Crippen LogP contribution < -0.4 is 27.0 Å². The molecule has 1 saturated heterocycles. The molecule has 43 heavy (non-hydrogen) atoms. The largest absolute Gasteiger partial charge is 0.466 e. The molecule has 2 aliphatic heterocycles. The number of amides is 5. The molecule has 1 aliphatic carbocycles. The molecule has 14 heteroatoms. The highest BCUT2D eigenvalue weighted by molar-refractivity contribution is 6.01. The van der Waals surface area contributed by atoms with Crippen molar-refractivity contribution in [2.45, 2.75) is 37.4 Å². The quantitative estimate of drug-likeness (QED) is 0.199. The number of primary amides is 1. The van der Waals surface area contributed by atoms with E-state index in [1.165, 1.54) is 13.2 Å². The second kappa shape index (κ2) is 13.9. The Kier molecular flexibility index (Phi) is 10.3. The maximum atomic E-state index is 14.3. The van der Waals surface area contributed by atoms with E-state index in [9.17, 15) is 28.0 Å². The highest BCUT2D eigenvalue weighted by atomic mass is 19.2. The Balaban J connectivity index is 1.46. The summed E-state index contributed by atoms with van der Waals surface area (Å²) in [5, 5.41) is 11.9. The number of carbonyl (C=O) groups excluding carboxylic acids is 4. The van der Waals surface area contributed by atoms with Crippen molar-refractivity contribution in [3.63, 3.8) is 0 Å². The van der Waals surface area contributed by atoms with Gasteiger partial charge in [-0.25, -0.2) is 28.1 Å². The van der Waals surface area contributed by atoms with Crippen molar-refractivity contribution in [3.8, 4) is 0 Å². The van der Waals surface area contributed by atoms with E-state index in [0.717, 1.165) is 30.6 Å². The average Bonchev–Trinajstić information content (AvgIpc) is 3.00. The molecule has 4 unspecified atom stereocenters. The van der Waals surface area contributed by atoms with Crippen molar-refractivity contribution in [1.29, 1.82) is 0 Å². The molecule has 4 rings (SSSR count). The minimum absolute atomic E-state index is 0.0215. The minimum atomic E-state index is -1.43. The molecule has 1 aromatic rings. The van der Waals surface area contributed by atoms with E-state index in [-0.39, 0.29) is 42.1 Å².